The van der Waals surface area contributed by atoms with E-state index in [1.54, 1.807) is 27.8 Å². The van der Waals surface area contributed by atoms with Crippen molar-refractivity contribution in [1.82, 2.24) is 15.5 Å². The van der Waals surface area contributed by atoms with E-state index >= 15 is 0 Å². The fourth-order valence-electron chi connectivity index (χ4n) is 2.80. The molecule has 7 heteroatoms. The zero-order valence-corrected chi connectivity index (χ0v) is 18.7. The fourth-order valence-corrected chi connectivity index (χ4v) is 2.80. The third-order valence-electron chi connectivity index (χ3n) is 4.37. The molecule has 0 aromatic heterocycles. The number of likely N-dealkylation sites (N-methyl/N-ethyl adjacent to an activating group) is 1. The second kappa shape index (κ2) is 10.8. The predicted octanol–water partition coefficient (Wildman–Crippen LogP) is 3.24. The molecular formula is C22H35N3O4. The van der Waals surface area contributed by atoms with Crippen LogP contribution in [-0.2, 0) is 14.3 Å². The highest BCUT2D eigenvalue weighted by atomic mass is 16.6. The molecule has 29 heavy (non-hydrogen) atoms. The van der Waals surface area contributed by atoms with Gasteiger partial charge in [-0.1, -0.05) is 37.1 Å². The number of alkyl carbamates (subject to hydrolysis) is 1. The SMILES string of the molecule is CCCCNC(=O)C(c1cc(C)ccc1C)N(C)C(=O)CNC(=O)OC(C)(C)C. The molecule has 0 saturated carbocycles. The quantitative estimate of drug-likeness (QED) is 0.650. The van der Waals surface area contributed by atoms with Gasteiger partial charge in [0.2, 0.25) is 11.8 Å². The van der Waals surface area contributed by atoms with Gasteiger partial charge in [0.1, 0.15) is 18.2 Å². The number of hydrogen-bond acceptors (Lipinski definition) is 4. The molecular weight excluding hydrogens is 370 g/mol. The number of rotatable bonds is 8. The van der Waals surface area contributed by atoms with E-state index in [2.05, 4.69) is 10.6 Å². The van der Waals surface area contributed by atoms with Gasteiger partial charge in [0, 0.05) is 13.6 Å². The lowest BCUT2D eigenvalue weighted by molar-refractivity contribution is -0.138. The minimum Gasteiger partial charge on any atom is -0.444 e. The molecule has 7 nitrogen and oxygen atoms in total. The number of nitrogens with one attached hydrogen (secondary N) is 2. The molecule has 0 aliphatic carbocycles. The largest absolute Gasteiger partial charge is 0.444 e. The number of aryl methyl sites for hydroxylation is 2. The number of carbonyl (C=O) groups excluding carboxylic acids is 3. The Balaban J connectivity index is 2.99. The van der Waals surface area contributed by atoms with Crippen LogP contribution in [0.3, 0.4) is 0 Å². The summed E-state index contributed by atoms with van der Waals surface area (Å²) in [5.41, 5.74) is 2.04. The summed E-state index contributed by atoms with van der Waals surface area (Å²) in [6.07, 6.45) is 1.15. The van der Waals surface area contributed by atoms with Crippen molar-refractivity contribution in [2.24, 2.45) is 0 Å². The van der Waals surface area contributed by atoms with Gasteiger partial charge in [-0.3, -0.25) is 9.59 Å². The van der Waals surface area contributed by atoms with Crippen molar-refractivity contribution >= 4 is 17.9 Å². The van der Waals surface area contributed by atoms with E-state index in [9.17, 15) is 14.4 Å². The highest BCUT2D eigenvalue weighted by Crippen LogP contribution is 2.24. The van der Waals surface area contributed by atoms with E-state index in [4.69, 9.17) is 4.74 Å². The smallest absolute Gasteiger partial charge is 0.408 e. The van der Waals surface area contributed by atoms with Crippen molar-refractivity contribution in [3.05, 3.63) is 34.9 Å². The van der Waals surface area contributed by atoms with Gasteiger partial charge in [0.25, 0.3) is 0 Å². The van der Waals surface area contributed by atoms with Crippen molar-refractivity contribution in [1.29, 1.82) is 0 Å². The highest BCUT2D eigenvalue weighted by Gasteiger charge is 2.30. The topological polar surface area (TPSA) is 87.7 Å². The molecule has 0 radical (unpaired) electrons. The number of amides is 3. The Labute approximate surface area is 174 Å². The summed E-state index contributed by atoms with van der Waals surface area (Å²) in [7, 11) is 1.57. The third kappa shape index (κ3) is 8.13. The van der Waals surface area contributed by atoms with Gasteiger partial charge in [-0.25, -0.2) is 4.79 Å². The van der Waals surface area contributed by atoms with Gasteiger partial charge < -0.3 is 20.3 Å². The maximum absolute atomic E-state index is 12.9. The lowest BCUT2D eigenvalue weighted by Crippen LogP contribution is -2.46. The Morgan fingerprint density at radius 3 is 2.38 bits per heavy atom. The van der Waals surface area contributed by atoms with Gasteiger partial charge in [-0.15, -0.1) is 0 Å². The second-order valence-corrected chi connectivity index (χ2v) is 8.27. The summed E-state index contributed by atoms with van der Waals surface area (Å²) in [5.74, 6) is -0.618. The Morgan fingerprint density at radius 2 is 1.79 bits per heavy atom. The predicted molar refractivity (Wildman–Crippen MR) is 114 cm³/mol. The molecule has 1 aromatic carbocycles. The summed E-state index contributed by atoms with van der Waals surface area (Å²) >= 11 is 0. The summed E-state index contributed by atoms with van der Waals surface area (Å²) in [5, 5.41) is 5.38. The van der Waals surface area contributed by atoms with Crippen LogP contribution < -0.4 is 10.6 Å². The first-order valence-electron chi connectivity index (χ1n) is 10.0. The van der Waals surface area contributed by atoms with E-state index in [1.165, 1.54) is 4.90 Å². The fraction of sp³-hybridized carbons (Fsp3) is 0.591. The third-order valence-corrected chi connectivity index (χ3v) is 4.37. The van der Waals surface area contributed by atoms with Crippen LogP contribution in [-0.4, -0.2) is 48.5 Å². The van der Waals surface area contributed by atoms with Gasteiger partial charge in [-0.2, -0.15) is 0 Å². The molecule has 1 aromatic rings. The van der Waals surface area contributed by atoms with Crippen LogP contribution in [0, 0.1) is 13.8 Å². The Kier molecular flexibility index (Phi) is 9.14. The van der Waals surface area contributed by atoms with Gasteiger partial charge in [0.15, 0.2) is 0 Å². The first-order valence-corrected chi connectivity index (χ1v) is 10.0. The number of carbonyl (C=O) groups is 3. The number of ether oxygens (including phenoxy) is 1. The van der Waals surface area contributed by atoms with Gasteiger partial charge in [0.05, 0.1) is 0 Å². The molecule has 2 N–H and O–H groups in total. The molecule has 0 aliphatic heterocycles. The monoisotopic (exact) mass is 405 g/mol. The lowest BCUT2D eigenvalue weighted by Gasteiger charge is -2.29. The number of hydrogen-bond donors (Lipinski definition) is 2. The van der Waals surface area contributed by atoms with Crippen LogP contribution >= 0.6 is 0 Å². The normalized spacial score (nSPS) is 12.1. The van der Waals surface area contributed by atoms with Crippen molar-refractivity contribution in [2.75, 3.05) is 20.1 Å². The van der Waals surface area contributed by atoms with E-state index < -0.39 is 17.7 Å². The number of benzene rings is 1. The molecule has 1 unspecified atom stereocenters. The summed E-state index contributed by atoms with van der Waals surface area (Å²) < 4.78 is 5.16. The molecule has 1 atom stereocenters. The van der Waals surface area contributed by atoms with Crippen LogP contribution in [0.4, 0.5) is 4.79 Å². The van der Waals surface area contributed by atoms with Crippen molar-refractivity contribution in [3.63, 3.8) is 0 Å². The zero-order valence-electron chi connectivity index (χ0n) is 18.7. The van der Waals surface area contributed by atoms with Gasteiger partial charge >= 0.3 is 6.09 Å². The first kappa shape index (κ1) is 24.5. The summed E-state index contributed by atoms with van der Waals surface area (Å²) in [6.45, 7) is 11.4. The Bertz CT molecular complexity index is 725. The minimum absolute atomic E-state index is 0.236. The van der Waals surface area contributed by atoms with Crippen LogP contribution in [0.25, 0.3) is 0 Å². The van der Waals surface area contributed by atoms with Crippen LogP contribution in [0.5, 0.6) is 0 Å². The van der Waals surface area contributed by atoms with Crippen LogP contribution in [0.2, 0.25) is 0 Å². The zero-order chi connectivity index (χ0) is 22.2. The van der Waals surface area contributed by atoms with Crippen molar-refractivity contribution in [3.8, 4) is 0 Å². The maximum Gasteiger partial charge on any atom is 0.408 e. The summed E-state index contributed by atoms with van der Waals surface area (Å²) in [4.78, 5) is 38.9. The standard InChI is InChI=1S/C22H35N3O4/c1-8-9-12-23-20(27)19(17-13-15(2)10-11-16(17)3)25(7)18(26)14-24-21(28)29-22(4,5)6/h10-11,13,19H,8-9,12,14H2,1-7H3,(H,23,27)(H,24,28). The summed E-state index contributed by atoms with van der Waals surface area (Å²) in [6, 6.07) is 5.05. The first-order chi connectivity index (χ1) is 13.5. The van der Waals surface area contributed by atoms with Crippen molar-refractivity contribution < 1.29 is 19.1 Å². The van der Waals surface area contributed by atoms with E-state index in [1.807, 2.05) is 39.0 Å². The number of unbranched alkanes of at least 4 members (excludes halogenated alkanes) is 1. The molecule has 0 bridgehead atoms. The van der Waals surface area contributed by atoms with E-state index in [0.717, 1.165) is 29.5 Å². The maximum atomic E-state index is 12.9. The molecule has 1 rings (SSSR count). The molecule has 0 saturated heterocycles. The molecule has 0 spiro atoms. The van der Waals surface area contributed by atoms with E-state index in [0.29, 0.717) is 6.54 Å². The van der Waals surface area contributed by atoms with Crippen LogP contribution in [0.15, 0.2) is 18.2 Å². The van der Waals surface area contributed by atoms with Crippen molar-refractivity contribution in [2.45, 2.75) is 66.0 Å². The molecule has 0 heterocycles. The van der Waals surface area contributed by atoms with E-state index in [-0.39, 0.29) is 18.4 Å². The van der Waals surface area contributed by atoms with Crippen LogP contribution in [0.1, 0.15) is 63.3 Å². The lowest BCUT2D eigenvalue weighted by atomic mass is 9.97. The molecule has 0 aliphatic rings. The molecule has 162 valence electrons. The Morgan fingerprint density at radius 1 is 1.14 bits per heavy atom. The Hall–Kier alpha value is -2.57. The number of nitrogens with zero attached hydrogens (tertiary/aromatic N) is 1. The molecule has 0 fully saturated rings. The molecule has 3 amide bonds. The highest BCUT2D eigenvalue weighted by molar-refractivity contribution is 5.90. The average molecular weight is 406 g/mol. The average Bonchev–Trinajstić information content (AvgIpc) is 2.61. The second-order valence-electron chi connectivity index (χ2n) is 8.27. The minimum atomic E-state index is -0.778. The van der Waals surface area contributed by atoms with Gasteiger partial charge in [-0.05, 0) is 52.2 Å².